The fraction of sp³-hybridized carbons (Fsp3) is 0.235. The van der Waals surface area contributed by atoms with E-state index in [1.165, 1.54) is 11.3 Å². The molecule has 0 spiro atoms. The van der Waals surface area contributed by atoms with Crippen molar-refractivity contribution in [1.29, 1.82) is 0 Å². The molecule has 0 aliphatic rings. The van der Waals surface area contributed by atoms with Crippen LogP contribution in [0.3, 0.4) is 0 Å². The molecule has 3 nitrogen and oxygen atoms in total. The van der Waals surface area contributed by atoms with Crippen LogP contribution < -0.4 is 11.1 Å². The molecule has 2 aromatic rings. The third kappa shape index (κ3) is 4.19. The number of benzene rings is 1. The molecule has 21 heavy (non-hydrogen) atoms. The van der Waals surface area contributed by atoms with E-state index in [0.29, 0.717) is 13.1 Å². The van der Waals surface area contributed by atoms with Gasteiger partial charge >= 0.3 is 0 Å². The third-order valence-electron chi connectivity index (χ3n) is 3.05. The monoisotopic (exact) mass is 298 g/mol. The summed E-state index contributed by atoms with van der Waals surface area (Å²) in [6.07, 6.45) is 0.871. The number of nitrogens with one attached hydrogen (secondary N) is 1. The summed E-state index contributed by atoms with van der Waals surface area (Å²) < 4.78 is 0. The fourth-order valence-corrected chi connectivity index (χ4v) is 2.90. The maximum absolute atomic E-state index is 12.2. The number of hydrogen-bond donors (Lipinski definition) is 2. The molecule has 1 aromatic heterocycles. The molecule has 1 aromatic carbocycles. The minimum Gasteiger partial charge on any atom is -0.347 e. The Morgan fingerprint density at radius 1 is 1.38 bits per heavy atom. The number of nitrogens with two attached hydrogens (primary N) is 1. The first-order valence-electron chi connectivity index (χ1n) is 6.87. The number of hydrogen-bond acceptors (Lipinski definition) is 3. The summed E-state index contributed by atoms with van der Waals surface area (Å²) in [4.78, 5) is 13.0. The van der Waals surface area contributed by atoms with Crippen LogP contribution in [0.15, 0.2) is 35.7 Å². The van der Waals surface area contributed by atoms with Crippen LogP contribution in [0.4, 0.5) is 0 Å². The van der Waals surface area contributed by atoms with Crippen molar-refractivity contribution in [3.8, 4) is 11.8 Å². The molecular weight excluding hydrogens is 280 g/mol. The van der Waals surface area contributed by atoms with Gasteiger partial charge in [0.1, 0.15) is 0 Å². The molecule has 0 aliphatic carbocycles. The van der Waals surface area contributed by atoms with E-state index in [1.807, 2.05) is 35.7 Å². The molecule has 1 heterocycles. The Morgan fingerprint density at radius 3 is 3.00 bits per heavy atom. The zero-order chi connectivity index (χ0) is 15.1. The van der Waals surface area contributed by atoms with E-state index in [0.717, 1.165) is 28.0 Å². The lowest BCUT2D eigenvalue weighted by Crippen LogP contribution is -2.22. The highest BCUT2D eigenvalue weighted by atomic mass is 32.1. The standard InChI is InChI=1S/C17H18N2OS/c1-2-15-8-10-21-16(15)17(20)19-12-14-6-3-5-13(11-14)7-4-9-18/h3,5-6,8,10-11H,2,9,12,18H2,1H3,(H,19,20). The zero-order valence-corrected chi connectivity index (χ0v) is 12.8. The predicted molar refractivity (Wildman–Crippen MR) is 87.2 cm³/mol. The van der Waals surface area contributed by atoms with Gasteiger partial charge in [-0.25, -0.2) is 0 Å². The lowest BCUT2D eigenvalue weighted by Gasteiger charge is -2.06. The van der Waals surface area contributed by atoms with E-state index in [4.69, 9.17) is 5.73 Å². The third-order valence-corrected chi connectivity index (χ3v) is 4.00. The molecule has 0 saturated carbocycles. The molecule has 0 bridgehead atoms. The number of carbonyl (C=O) groups excluding carboxylic acids is 1. The van der Waals surface area contributed by atoms with Gasteiger partial charge in [0.05, 0.1) is 11.4 Å². The normalized spacial score (nSPS) is 9.81. The van der Waals surface area contributed by atoms with Crippen LogP contribution in [-0.4, -0.2) is 12.5 Å². The maximum Gasteiger partial charge on any atom is 0.261 e. The van der Waals surface area contributed by atoms with Crippen molar-refractivity contribution in [2.45, 2.75) is 19.9 Å². The summed E-state index contributed by atoms with van der Waals surface area (Å²) in [6.45, 7) is 2.90. The highest BCUT2D eigenvalue weighted by Gasteiger charge is 2.11. The molecule has 4 heteroatoms. The molecule has 0 aliphatic heterocycles. The van der Waals surface area contributed by atoms with Gasteiger partial charge in [-0.1, -0.05) is 30.9 Å². The molecule has 0 radical (unpaired) electrons. The van der Waals surface area contributed by atoms with Gasteiger partial charge in [-0.2, -0.15) is 0 Å². The summed E-state index contributed by atoms with van der Waals surface area (Å²) in [5, 5.41) is 4.91. The first-order chi connectivity index (χ1) is 10.2. The van der Waals surface area contributed by atoms with Gasteiger partial charge in [-0.05, 0) is 41.1 Å². The summed E-state index contributed by atoms with van der Waals surface area (Å²) >= 11 is 1.48. The minimum atomic E-state index is -0.0136. The molecular formula is C17H18N2OS. The first-order valence-corrected chi connectivity index (χ1v) is 7.75. The Kier molecular flexibility index (Phi) is 5.56. The van der Waals surface area contributed by atoms with Crippen molar-refractivity contribution in [3.63, 3.8) is 0 Å². The Labute approximate surface area is 129 Å². The Balaban J connectivity index is 2.01. The van der Waals surface area contributed by atoms with E-state index in [2.05, 4.69) is 24.1 Å². The van der Waals surface area contributed by atoms with Crippen LogP contribution in [0.25, 0.3) is 0 Å². The van der Waals surface area contributed by atoms with Gasteiger partial charge in [0.15, 0.2) is 0 Å². The van der Waals surface area contributed by atoms with Crippen molar-refractivity contribution < 1.29 is 4.79 Å². The smallest absolute Gasteiger partial charge is 0.261 e. The Morgan fingerprint density at radius 2 is 2.24 bits per heavy atom. The van der Waals surface area contributed by atoms with Gasteiger partial charge in [-0.3, -0.25) is 4.79 Å². The van der Waals surface area contributed by atoms with Crippen LogP contribution in [0, 0.1) is 11.8 Å². The number of carbonyl (C=O) groups is 1. The van der Waals surface area contributed by atoms with E-state index in [-0.39, 0.29) is 5.91 Å². The number of thiophene rings is 1. The van der Waals surface area contributed by atoms with Crippen LogP contribution in [0.2, 0.25) is 0 Å². The average Bonchev–Trinajstić information content (AvgIpc) is 2.99. The molecule has 108 valence electrons. The number of aryl methyl sites for hydroxylation is 1. The number of amides is 1. The van der Waals surface area contributed by atoms with Gasteiger partial charge < -0.3 is 11.1 Å². The Bertz CT molecular complexity index is 679. The second kappa shape index (κ2) is 7.63. The van der Waals surface area contributed by atoms with Crippen molar-refractivity contribution in [1.82, 2.24) is 5.32 Å². The second-order valence-corrected chi connectivity index (χ2v) is 5.43. The molecule has 2 rings (SSSR count). The second-order valence-electron chi connectivity index (χ2n) is 4.52. The summed E-state index contributed by atoms with van der Waals surface area (Å²) in [7, 11) is 0. The largest absolute Gasteiger partial charge is 0.347 e. The molecule has 0 atom stereocenters. The lowest BCUT2D eigenvalue weighted by atomic mass is 10.1. The van der Waals surface area contributed by atoms with Crippen LogP contribution >= 0.6 is 11.3 Å². The van der Waals surface area contributed by atoms with Crippen molar-refractivity contribution in [3.05, 3.63) is 57.3 Å². The summed E-state index contributed by atoms with van der Waals surface area (Å²) in [5.74, 6) is 5.81. The molecule has 3 N–H and O–H groups in total. The number of rotatable bonds is 4. The first kappa shape index (κ1) is 15.3. The summed E-state index contributed by atoms with van der Waals surface area (Å²) in [6, 6.07) is 9.82. The van der Waals surface area contributed by atoms with Crippen molar-refractivity contribution >= 4 is 17.2 Å². The highest BCUT2D eigenvalue weighted by molar-refractivity contribution is 7.12. The van der Waals surface area contributed by atoms with Gasteiger partial charge in [0, 0.05) is 12.1 Å². The molecule has 0 unspecified atom stereocenters. The van der Waals surface area contributed by atoms with Crippen molar-refractivity contribution in [2.24, 2.45) is 5.73 Å². The minimum absolute atomic E-state index is 0.0136. The van der Waals surface area contributed by atoms with Crippen LogP contribution in [0.1, 0.15) is 33.3 Å². The molecule has 0 saturated heterocycles. The van der Waals surface area contributed by atoms with E-state index < -0.39 is 0 Å². The molecule has 1 amide bonds. The topological polar surface area (TPSA) is 55.1 Å². The Hall–Kier alpha value is -2.09. The van der Waals surface area contributed by atoms with Crippen LogP contribution in [-0.2, 0) is 13.0 Å². The quantitative estimate of drug-likeness (QED) is 0.852. The zero-order valence-electron chi connectivity index (χ0n) is 12.0. The lowest BCUT2D eigenvalue weighted by molar-refractivity contribution is 0.0954. The van der Waals surface area contributed by atoms with E-state index >= 15 is 0 Å². The maximum atomic E-state index is 12.2. The summed E-state index contributed by atoms with van der Waals surface area (Å²) in [5.41, 5.74) is 8.41. The van der Waals surface area contributed by atoms with E-state index in [9.17, 15) is 4.79 Å². The fourth-order valence-electron chi connectivity index (χ4n) is 1.99. The predicted octanol–water partition coefficient (Wildman–Crippen LogP) is 2.55. The highest BCUT2D eigenvalue weighted by Crippen LogP contribution is 2.17. The van der Waals surface area contributed by atoms with Gasteiger partial charge in [0.25, 0.3) is 5.91 Å². The average molecular weight is 298 g/mol. The van der Waals surface area contributed by atoms with E-state index in [1.54, 1.807) is 0 Å². The van der Waals surface area contributed by atoms with Gasteiger partial charge in [0.2, 0.25) is 0 Å². The van der Waals surface area contributed by atoms with Crippen LogP contribution in [0.5, 0.6) is 0 Å². The van der Waals surface area contributed by atoms with Gasteiger partial charge in [-0.15, -0.1) is 11.3 Å². The molecule has 0 fully saturated rings. The SMILES string of the molecule is CCc1ccsc1C(=O)NCc1cccc(C#CCN)c1. The van der Waals surface area contributed by atoms with Crippen molar-refractivity contribution in [2.75, 3.05) is 6.54 Å².